The highest BCUT2D eigenvalue weighted by molar-refractivity contribution is 7.11. The van der Waals surface area contributed by atoms with Crippen LogP contribution in [0.4, 0.5) is 17.1 Å². The van der Waals surface area contributed by atoms with Crippen molar-refractivity contribution in [3.63, 3.8) is 0 Å². The molecule has 1 atom stereocenters. The lowest BCUT2D eigenvalue weighted by Gasteiger charge is -2.39. The van der Waals surface area contributed by atoms with Crippen LogP contribution >= 0.6 is 11.3 Å². The molecule has 1 amide bonds. The molecule has 1 aliphatic carbocycles. The fourth-order valence-corrected chi connectivity index (χ4v) is 5.58. The van der Waals surface area contributed by atoms with Gasteiger partial charge in [-0.3, -0.25) is 14.4 Å². The second-order valence-corrected chi connectivity index (χ2v) is 10.7. The van der Waals surface area contributed by atoms with Crippen LogP contribution in [0.15, 0.2) is 21.9 Å². The first-order valence-corrected chi connectivity index (χ1v) is 12.1. The second-order valence-electron chi connectivity index (χ2n) is 9.43. The van der Waals surface area contributed by atoms with E-state index in [2.05, 4.69) is 34.4 Å². The topological polar surface area (TPSA) is 125 Å². The average molecular weight is 484 g/mol. The molecule has 9 nitrogen and oxygen atoms in total. The molecule has 0 unspecified atom stereocenters. The summed E-state index contributed by atoms with van der Waals surface area (Å²) in [5.41, 5.74) is -0.166. The summed E-state index contributed by atoms with van der Waals surface area (Å²) in [4.78, 5) is 48.8. The summed E-state index contributed by atoms with van der Waals surface area (Å²) in [7, 11) is 1.63. The predicted octanol–water partition coefficient (Wildman–Crippen LogP) is 3.50. The quantitative estimate of drug-likeness (QED) is 0.436. The highest BCUT2D eigenvalue weighted by Gasteiger charge is 2.40. The highest BCUT2D eigenvalue weighted by Crippen LogP contribution is 2.47. The molecule has 4 rings (SSSR count). The summed E-state index contributed by atoms with van der Waals surface area (Å²) in [5, 5.41) is 17.8. The Kier molecular flexibility index (Phi) is 6.20. The molecule has 0 fully saturated rings. The first kappa shape index (κ1) is 23.9. The Morgan fingerprint density at radius 3 is 2.71 bits per heavy atom. The second kappa shape index (κ2) is 8.83. The Hall–Kier alpha value is -3.27. The predicted molar refractivity (Wildman–Crippen MR) is 133 cm³/mol. The van der Waals surface area contributed by atoms with Crippen molar-refractivity contribution < 1.29 is 9.90 Å². The molecule has 10 heteroatoms. The van der Waals surface area contributed by atoms with Crippen molar-refractivity contribution in [3.05, 3.63) is 54.0 Å². The molecule has 1 aliphatic rings. The Bertz CT molecular complexity index is 1320. The summed E-state index contributed by atoms with van der Waals surface area (Å²) in [6.45, 7) is 8.67. The maximum Gasteiger partial charge on any atom is 0.276 e. The minimum Gasteiger partial charge on any atom is -0.504 e. The summed E-state index contributed by atoms with van der Waals surface area (Å²) in [6, 6.07) is 1.28. The number of rotatable bonds is 7. The smallest absolute Gasteiger partial charge is 0.276 e. The number of pyridine rings is 1. The third-order valence-electron chi connectivity index (χ3n) is 6.38. The van der Waals surface area contributed by atoms with Gasteiger partial charge in [-0.15, -0.1) is 11.3 Å². The molecule has 0 radical (unpaired) electrons. The molecule has 180 valence electrons. The normalized spacial score (nSPS) is 16.8. The van der Waals surface area contributed by atoms with Crippen LogP contribution < -0.4 is 21.5 Å². The van der Waals surface area contributed by atoms with E-state index in [1.807, 2.05) is 13.8 Å². The van der Waals surface area contributed by atoms with Crippen molar-refractivity contribution in [2.75, 3.05) is 24.2 Å². The minimum absolute atomic E-state index is 0.0657. The number of nitrogens with zero attached hydrogens (tertiary/aromatic N) is 3. The standard InChI is InChI=1S/C24H29N5O4S/c1-6-11-29(5)23(33)17-18(30)13(8-10-25-17)27-15-16(20(32)19(15)31)28-22-21-14(26-12(2)34-21)7-9-24(22,3)4/h8,10,22,28,30H,6-7,9,11H2,1-5H3,(H,25,27)/t22-/m1/s1. The van der Waals surface area contributed by atoms with Crippen LogP contribution in [0.2, 0.25) is 0 Å². The van der Waals surface area contributed by atoms with Crippen LogP contribution in [-0.4, -0.2) is 39.5 Å². The first-order valence-electron chi connectivity index (χ1n) is 11.3. The number of amides is 1. The van der Waals surface area contributed by atoms with Crippen molar-refractivity contribution in [1.29, 1.82) is 0 Å². The van der Waals surface area contributed by atoms with Gasteiger partial charge < -0.3 is 20.6 Å². The molecule has 0 spiro atoms. The number of carbonyl (C=O) groups is 1. The van der Waals surface area contributed by atoms with Crippen molar-refractivity contribution in [3.8, 4) is 5.75 Å². The Morgan fingerprint density at radius 2 is 2.00 bits per heavy atom. The maximum absolute atomic E-state index is 12.6. The zero-order valence-electron chi connectivity index (χ0n) is 20.0. The van der Waals surface area contributed by atoms with Crippen LogP contribution in [-0.2, 0) is 6.42 Å². The fourth-order valence-electron chi connectivity index (χ4n) is 4.35. The number of aryl methyl sites for hydroxylation is 2. The van der Waals surface area contributed by atoms with Crippen LogP contribution in [0, 0.1) is 12.3 Å². The van der Waals surface area contributed by atoms with Crippen molar-refractivity contribution in [2.24, 2.45) is 5.41 Å². The number of aromatic hydroxyl groups is 1. The lowest BCUT2D eigenvalue weighted by atomic mass is 9.74. The zero-order chi connectivity index (χ0) is 24.8. The number of nitrogens with one attached hydrogen (secondary N) is 2. The highest BCUT2D eigenvalue weighted by atomic mass is 32.1. The molecular weight excluding hydrogens is 454 g/mol. The van der Waals surface area contributed by atoms with E-state index in [-0.39, 0.29) is 40.0 Å². The van der Waals surface area contributed by atoms with Crippen molar-refractivity contribution >= 4 is 34.3 Å². The molecule has 3 N–H and O–H groups in total. The third-order valence-corrected chi connectivity index (χ3v) is 7.45. The Morgan fingerprint density at radius 1 is 1.29 bits per heavy atom. The van der Waals surface area contributed by atoms with Gasteiger partial charge in [0.2, 0.25) is 0 Å². The summed E-state index contributed by atoms with van der Waals surface area (Å²) < 4.78 is 0. The molecule has 1 aromatic carbocycles. The number of fused-ring (bicyclic) bond motifs is 1. The number of hydrogen-bond donors (Lipinski definition) is 3. The van der Waals surface area contributed by atoms with E-state index in [1.54, 1.807) is 18.4 Å². The molecule has 0 saturated carbocycles. The lowest BCUT2D eigenvalue weighted by molar-refractivity contribution is 0.0786. The summed E-state index contributed by atoms with van der Waals surface area (Å²) in [6.07, 6.45) is 3.90. The van der Waals surface area contributed by atoms with Crippen LogP contribution in [0.1, 0.15) is 65.7 Å². The number of hydrogen-bond acceptors (Lipinski definition) is 9. The molecule has 2 aromatic heterocycles. The first-order chi connectivity index (χ1) is 16.0. The van der Waals surface area contributed by atoms with E-state index in [4.69, 9.17) is 0 Å². The van der Waals surface area contributed by atoms with Gasteiger partial charge in [-0.25, -0.2) is 9.97 Å². The van der Waals surface area contributed by atoms with Gasteiger partial charge >= 0.3 is 0 Å². The Balaban J connectivity index is 1.65. The van der Waals surface area contributed by atoms with E-state index < -0.39 is 16.8 Å². The van der Waals surface area contributed by atoms with Gasteiger partial charge in [-0.05, 0) is 37.7 Å². The maximum atomic E-state index is 12.6. The minimum atomic E-state index is -0.677. The number of anilines is 3. The van der Waals surface area contributed by atoms with E-state index in [1.165, 1.54) is 17.2 Å². The number of carbonyl (C=O) groups excluding carboxylic acids is 1. The summed E-state index contributed by atoms with van der Waals surface area (Å²) in [5.74, 6) is -0.795. The molecule has 34 heavy (non-hydrogen) atoms. The lowest BCUT2D eigenvalue weighted by Crippen LogP contribution is -2.41. The molecule has 0 saturated heterocycles. The van der Waals surface area contributed by atoms with E-state index in [0.29, 0.717) is 6.54 Å². The molecular formula is C24H29N5O4S. The van der Waals surface area contributed by atoms with E-state index >= 15 is 0 Å². The van der Waals surface area contributed by atoms with E-state index in [0.717, 1.165) is 34.8 Å². The Labute approximate surface area is 201 Å². The summed E-state index contributed by atoms with van der Waals surface area (Å²) >= 11 is 1.60. The molecule has 0 bridgehead atoms. The van der Waals surface area contributed by atoms with Gasteiger partial charge in [0.05, 0.1) is 27.3 Å². The van der Waals surface area contributed by atoms with Gasteiger partial charge in [0.15, 0.2) is 11.4 Å². The zero-order valence-corrected chi connectivity index (χ0v) is 20.8. The number of thiazole rings is 1. The van der Waals surface area contributed by atoms with Gasteiger partial charge in [-0.1, -0.05) is 20.8 Å². The van der Waals surface area contributed by atoms with Crippen LogP contribution in [0.25, 0.3) is 0 Å². The van der Waals surface area contributed by atoms with Crippen molar-refractivity contribution in [1.82, 2.24) is 14.9 Å². The number of aromatic nitrogens is 2. The van der Waals surface area contributed by atoms with Gasteiger partial charge in [0.1, 0.15) is 11.4 Å². The van der Waals surface area contributed by atoms with Gasteiger partial charge in [0.25, 0.3) is 16.8 Å². The van der Waals surface area contributed by atoms with Gasteiger partial charge in [0, 0.05) is 19.8 Å². The average Bonchev–Trinajstić information content (AvgIpc) is 3.17. The van der Waals surface area contributed by atoms with Gasteiger partial charge in [-0.2, -0.15) is 0 Å². The SMILES string of the molecule is CCCN(C)C(=O)c1nccc(Nc2c(N[C@@H]3c4sc(C)nc4CCC3(C)C)c(=O)c2=O)c1O. The van der Waals surface area contributed by atoms with Crippen molar-refractivity contribution in [2.45, 2.75) is 53.0 Å². The van der Waals surface area contributed by atoms with Crippen LogP contribution in [0.5, 0.6) is 5.75 Å². The van der Waals surface area contributed by atoms with Crippen LogP contribution in [0.3, 0.4) is 0 Å². The largest absolute Gasteiger partial charge is 0.504 e. The third kappa shape index (κ3) is 4.06. The molecule has 3 aromatic rings. The molecule has 0 aliphatic heterocycles. The fraction of sp³-hybridized carbons (Fsp3) is 0.458. The van der Waals surface area contributed by atoms with E-state index in [9.17, 15) is 19.5 Å². The molecule has 2 heterocycles. The monoisotopic (exact) mass is 483 g/mol.